The minimum absolute atomic E-state index is 0.0495. The summed E-state index contributed by atoms with van der Waals surface area (Å²) in [7, 11) is -4.43. The minimum atomic E-state index is -4.43. The molecule has 0 saturated heterocycles. The van der Waals surface area contributed by atoms with Gasteiger partial charge in [0.15, 0.2) is 0 Å². The first-order valence-electron chi connectivity index (χ1n) is 6.60. The van der Waals surface area contributed by atoms with Crippen molar-refractivity contribution < 1.29 is 27.5 Å². The van der Waals surface area contributed by atoms with E-state index in [1.165, 1.54) is 6.92 Å². The monoisotopic (exact) mass is 366 g/mol. The molecule has 0 aromatic heterocycles. The Morgan fingerprint density at radius 3 is 2.48 bits per heavy atom. The highest BCUT2D eigenvalue weighted by Gasteiger charge is 2.28. The lowest BCUT2D eigenvalue weighted by Gasteiger charge is -2.15. The molecule has 10 heteroatoms. The van der Waals surface area contributed by atoms with Crippen LogP contribution < -0.4 is 10.0 Å². The van der Waals surface area contributed by atoms with Gasteiger partial charge in [0, 0.05) is 13.0 Å². The highest BCUT2D eigenvalue weighted by atomic mass is 35.5. The smallest absolute Gasteiger partial charge is 0.321 e. The van der Waals surface area contributed by atoms with Crippen molar-refractivity contribution in [2.24, 2.45) is 0 Å². The predicted octanol–water partition coefficient (Wildman–Crippen LogP) is 1.97. The van der Waals surface area contributed by atoms with Crippen LogP contribution in [0.4, 0.5) is 10.1 Å². The molecule has 1 amide bonds. The van der Waals surface area contributed by atoms with Crippen LogP contribution in [0.5, 0.6) is 0 Å². The molecule has 0 aliphatic rings. The Balaban J connectivity index is 3.20. The molecule has 0 spiro atoms. The van der Waals surface area contributed by atoms with Gasteiger partial charge in [0.2, 0.25) is 15.9 Å². The first kappa shape index (κ1) is 19.3. The number of carboxylic acid groups (broad SMARTS) is 1. The van der Waals surface area contributed by atoms with Crippen LogP contribution in [-0.2, 0) is 19.6 Å². The molecule has 1 unspecified atom stereocenters. The molecular formula is C13H16ClFN2O5S. The molecule has 0 fully saturated rings. The Morgan fingerprint density at radius 1 is 1.39 bits per heavy atom. The minimum Gasteiger partial charge on any atom is -0.480 e. The molecule has 0 bridgehead atoms. The molecule has 7 nitrogen and oxygen atoms in total. The van der Waals surface area contributed by atoms with E-state index in [1.807, 2.05) is 4.72 Å². The van der Waals surface area contributed by atoms with Crippen LogP contribution in [0, 0.1) is 5.82 Å². The number of carbonyl (C=O) groups excluding carboxylic acids is 1. The Morgan fingerprint density at radius 2 is 2.00 bits per heavy atom. The Kier molecular flexibility index (Phi) is 6.48. The maximum absolute atomic E-state index is 14.0. The van der Waals surface area contributed by atoms with Crippen molar-refractivity contribution in [1.82, 2.24) is 4.72 Å². The third kappa shape index (κ3) is 5.15. The lowest BCUT2D eigenvalue weighted by atomic mass is 10.2. The number of sulfonamides is 1. The van der Waals surface area contributed by atoms with E-state index >= 15 is 0 Å². The maximum atomic E-state index is 14.0. The summed E-state index contributed by atoms with van der Waals surface area (Å²) in [6.45, 7) is 2.87. The van der Waals surface area contributed by atoms with Gasteiger partial charge in [-0.1, -0.05) is 24.9 Å². The van der Waals surface area contributed by atoms with E-state index in [2.05, 4.69) is 5.32 Å². The van der Waals surface area contributed by atoms with E-state index in [9.17, 15) is 22.4 Å². The summed E-state index contributed by atoms with van der Waals surface area (Å²) >= 11 is 5.82. The quantitative estimate of drug-likeness (QED) is 0.682. The standard InChI is InChI=1S/C13H16ClFN2O5S/c1-3-4-10(13(19)20)17-23(21,22)12-5-8(14)11(6-9(12)15)16-7(2)18/h5-6,10,17H,3-4H2,1-2H3,(H,16,18)(H,19,20). The predicted molar refractivity (Wildman–Crippen MR) is 82.4 cm³/mol. The molecule has 0 radical (unpaired) electrons. The largest absolute Gasteiger partial charge is 0.480 e. The number of benzene rings is 1. The van der Waals surface area contributed by atoms with Gasteiger partial charge in [0.25, 0.3) is 0 Å². The maximum Gasteiger partial charge on any atom is 0.321 e. The van der Waals surface area contributed by atoms with Gasteiger partial charge in [-0.2, -0.15) is 4.72 Å². The van der Waals surface area contributed by atoms with Gasteiger partial charge >= 0.3 is 5.97 Å². The molecular weight excluding hydrogens is 351 g/mol. The highest BCUT2D eigenvalue weighted by Crippen LogP contribution is 2.28. The summed E-state index contributed by atoms with van der Waals surface area (Å²) in [4.78, 5) is 21.2. The van der Waals surface area contributed by atoms with E-state index in [0.717, 1.165) is 12.1 Å². The number of carbonyl (C=O) groups is 2. The Hall–Kier alpha value is -1.71. The van der Waals surface area contributed by atoms with Crippen molar-refractivity contribution in [2.45, 2.75) is 37.6 Å². The molecule has 1 aromatic carbocycles. The molecule has 0 aliphatic carbocycles. The summed E-state index contributed by atoms with van der Waals surface area (Å²) in [6.07, 6.45) is 0.470. The molecule has 0 aliphatic heterocycles. The molecule has 1 atom stereocenters. The van der Waals surface area contributed by atoms with Crippen LogP contribution in [0.1, 0.15) is 26.7 Å². The number of hydrogen-bond acceptors (Lipinski definition) is 4. The SMILES string of the molecule is CCCC(NS(=O)(=O)c1cc(Cl)c(NC(C)=O)cc1F)C(=O)O. The van der Waals surface area contributed by atoms with Gasteiger partial charge in [-0.15, -0.1) is 0 Å². The number of halogens is 2. The van der Waals surface area contributed by atoms with Crippen LogP contribution in [0.3, 0.4) is 0 Å². The molecule has 1 rings (SSSR count). The summed E-state index contributed by atoms with van der Waals surface area (Å²) in [5.74, 6) is -3.03. The van der Waals surface area contributed by atoms with Gasteiger partial charge in [-0.25, -0.2) is 12.8 Å². The topological polar surface area (TPSA) is 113 Å². The molecule has 128 valence electrons. The van der Waals surface area contributed by atoms with E-state index in [-0.39, 0.29) is 17.1 Å². The molecule has 3 N–H and O–H groups in total. The second-order valence-corrected chi connectivity index (χ2v) is 6.83. The van der Waals surface area contributed by atoms with Gasteiger partial charge in [0.05, 0.1) is 10.7 Å². The third-order valence-corrected chi connectivity index (χ3v) is 4.59. The average molecular weight is 367 g/mol. The third-order valence-electron chi connectivity index (χ3n) is 2.79. The first-order valence-corrected chi connectivity index (χ1v) is 8.46. The van der Waals surface area contributed by atoms with Crippen LogP contribution in [-0.4, -0.2) is 31.4 Å². The van der Waals surface area contributed by atoms with Crippen LogP contribution in [0.2, 0.25) is 5.02 Å². The molecule has 23 heavy (non-hydrogen) atoms. The van der Waals surface area contributed by atoms with Crippen molar-refractivity contribution in [3.8, 4) is 0 Å². The van der Waals surface area contributed by atoms with Gasteiger partial charge in [-0.05, 0) is 12.5 Å². The number of rotatable bonds is 7. The summed E-state index contributed by atoms with van der Waals surface area (Å²) < 4.78 is 40.3. The van der Waals surface area contributed by atoms with Gasteiger partial charge < -0.3 is 10.4 Å². The average Bonchev–Trinajstić information content (AvgIpc) is 2.41. The van der Waals surface area contributed by atoms with E-state index in [1.54, 1.807) is 6.92 Å². The molecule has 1 aromatic rings. The highest BCUT2D eigenvalue weighted by molar-refractivity contribution is 7.89. The Labute approximate surface area is 137 Å². The second-order valence-electron chi connectivity index (χ2n) is 4.74. The molecule has 0 saturated carbocycles. The normalized spacial score (nSPS) is 12.7. The fourth-order valence-corrected chi connectivity index (χ4v) is 3.38. The van der Waals surface area contributed by atoms with Gasteiger partial charge in [-0.3, -0.25) is 9.59 Å². The van der Waals surface area contributed by atoms with Gasteiger partial charge in [0.1, 0.15) is 16.8 Å². The summed E-state index contributed by atoms with van der Waals surface area (Å²) in [5.41, 5.74) is -0.0843. The number of hydrogen-bond donors (Lipinski definition) is 3. The zero-order chi connectivity index (χ0) is 17.8. The number of carboxylic acids is 1. The van der Waals surface area contributed by atoms with Crippen LogP contribution >= 0.6 is 11.6 Å². The number of aliphatic carboxylic acids is 1. The number of anilines is 1. The van der Waals surface area contributed by atoms with Crippen molar-refractivity contribution in [1.29, 1.82) is 0 Å². The zero-order valence-corrected chi connectivity index (χ0v) is 14.0. The van der Waals surface area contributed by atoms with E-state index in [4.69, 9.17) is 16.7 Å². The van der Waals surface area contributed by atoms with Crippen LogP contribution in [0.25, 0.3) is 0 Å². The number of amides is 1. The van der Waals surface area contributed by atoms with E-state index < -0.39 is 38.7 Å². The van der Waals surface area contributed by atoms with Crippen molar-refractivity contribution in [3.05, 3.63) is 23.0 Å². The Bertz CT molecular complexity index is 723. The summed E-state index contributed by atoms with van der Waals surface area (Å²) in [5, 5.41) is 11.0. The fraction of sp³-hybridized carbons (Fsp3) is 0.385. The zero-order valence-electron chi connectivity index (χ0n) is 12.4. The van der Waals surface area contributed by atoms with Crippen molar-refractivity contribution in [3.63, 3.8) is 0 Å². The lowest BCUT2D eigenvalue weighted by Crippen LogP contribution is -2.40. The summed E-state index contributed by atoms with van der Waals surface area (Å²) in [6, 6.07) is 0.196. The fourth-order valence-electron chi connectivity index (χ4n) is 1.79. The van der Waals surface area contributed by atoms with Crippen molar-refractivity contribution >= 4 is 39.2 Å². The van der Waals surface area contributed by atoms with Crippen LogP contribution in [0.15, 0.2) is 17.0 Å². The first-order chi connectivity index (χ1) is 10.6. The lowest BCUT2D eigenvalue weighted by molar-refractivity contribution is -0.139. The number of nitrogens with one attached hydrogen (secondary N) is 2. The van der Waals surface area contributed by atoms with E-state index in [0.29, 0.717) is 6.42 Å². The molecule has 0 heterocycles. The van der Waals surface area contributed by atoms with Crippen molar-refractivity contribution in [2.75, 3.05) is 5.32 Å². The second kappa shape index (κ2) is 7.71.